The zero-order valence-corrected chi connectivity index (χ0v) is 13.0. The van der Waals surface area contributed by atoms with Gasteiger partial charge >= 0.3 is 0 Å². The molecule has 0 saturated heterocycles. The number of anilines is 2. The smallest absolute Gasteiger partial charge is 0.137 e. The van der Waals surface area contributed by atoms with Gasteiger partial charge in [-0.05, 0) is 32.1 Å². The van der Waals surface area contributed by atoms with E-state index in [0.29, 0.717) is 6.04 Å². The van der Waals surface area contributed by atoms with E-state index in [-0.39, 0.29) is 0 Å². The topological polar surface area (TPSA) is 50.3 Å². The zero-order chi connectivity index (χ0) is 14.5. The van der Waals surface area contributed by atoms with Gasteiger partial charge in [-0.2, -0.15) is 0 Å². The molecular weight excluding hydrogens is 252 g/mol. The van der Waals surface area contributed by atoms with Crippen molar-refractivity contribution in [1.82, 2.24) is 9.97 Å². The van der Waals surface area contributed by atoms with Crippen LogP contribution in [0.1, 0.15) is 32.3 Å². The summed E-state index contributed by atoms with van der Waals surface area (Å²) < 4.78 is 5.27. The number of hydrogen-bond donors (Lipinski definition) is 1. The maximum absolute atomic E-state index is 5.27. The standard InChI is InChI=1S/C15H26N4O/c1-5-13-14(16-3)17-10-18-15(13)19(8-9-20-4)11(2)12-6-7-12/h10-12H,5-9H2,1-4H3,(H,16,17,18). The second kappa shape index (κ2) is 6.88. The highest BCUT2D eigenvalue weighted by molar-refractivity contribution is 5.59. The fraction of sp³-hybridized carbons (Fsp3) is 0.733. The molecule has 5 nitrogen and oxygen atoms in total. The van der Waals surface area contributed by atoms with Crippen molar-refractivity contribution < 1.29 is 4.74 Å². The molecule has 1 fully saturated rings. The van der Waals surface area contributed by atoms with Crippen LogP contribution in [0.15, 0.2) is 6.33 Å². The Labute approximate surface area is 121 Å². The molecule has 20 heavy (non-hydrogen) atoms. The SMILES string of the molecule is CCc1c(NC)ncnc1N(CCOC)C(C)C1CC1. The molecule has 0 amide bonds. The minimum Gasteiger partial charge on any atom is -0.383 e. The predicted octanol–water partition coefficient (Wildman–Crippen LogP) is 2.33. The van der Waals surface area contributed by atoms with Crippen LogP contribution in [0.4, 0.5) is 11.6 Å². The summed E-state index contributed by atoms with van der Waals surface area (Å²) >= 11 is 0. The summed E-state index contributed by atoms with van der Waals surface area (Å²) in [4.78, 5) is 11.3. The Kier molecular flexibility index (Phi) is 5.17. The third-order valence-corrected chi connectivity index (χ3v) is 4.12. The van der Waals surface area contributed by atoms with Crippen molar-refractivity contribution in [2.45, 2.75) is 39.2 Å². The quantitative estimate of drug-likeness (QED) is 0.791. The van der Waals surface area contributed by atoms with Gasteiger partial charge in [0.25, 0.3) is 0 Å². The van der Waals surface area contributed by atoms with E-state index in [1.54, 1.807) is 13.4 Å². The third kappa shape index (κ3) is 3.20. The lowest BCUT2D eigenvalue weighted by molar-refractivity contribution is 0.202. The Balaban J connectivity index is 2.31. The van der Waals surface area contributed by atoms with Crippen LogP contribution in [0.3, 0.4) is 0 Å². The van der Waals surface area contributed by atoms with Gasteiger partial charge in [0.1, 0.15) is 18.0 Å². The summed E-state index contributed by atoms with van der Waals surface area (Å²) in [6.07, 6.45) is 5.24. The fourth-order valence-corrected chi connectivity index (χ4v) is 2.72. The number of nitrogens with one attached hydrogen (secondary N) is 1. The molecule has 1 atom stereocenters. The van der Waals surface area contributed by atoms with Crippen molar-refractivity contribution in [3.63, 3.8) is 0 Å². The van der Waals surface area contributed by atoms with Crippen LogP contribution in [0, 0.1) is 5.92 Å². The lowest BCUT2D eigenvalue weighted by Crippen LogP contribution is -2.38. The van der Waals surface area contributed by atoms with E-state index in [2.05, 4.69) is 34.0 Å². The maximum atomic E-state index is 5.27. The van der Waals surface area contributed by atoms with E-state index in [0.717, 1.165) is 37.1 Å². The van der Waals surface area contributed by atoms with E-state index in [4.69, 9.17) is 4.74 Å². The van der Waals surface area contributed by atoms with Gasteiger partial charge in [0.15, 0.2) is 0 Å². The minimum atomic E-state index is 0.509. The highest BCUT2D eigenvalue weighted by Gasteiger charge is 2.33. The highest BCUT2D eigenvalue weighted by Crippen LogP contribution is 2.37. The van der Waals surface area contributed by atoms with Crippen molar-refractivity contribution in [3.05, 3.63) is 11.9 Å². The highest BCUT2D eigenvalue weighted by atomic mass is 16.5. The van der Waals surface area contributed by atoms with E-state index in [9.17, 15) is 0 Å². The summed E-state index contributed by atoms with van der Waals surface area (Å²) in [6.45, 7) is 6.05. The molecule has 112 valence electrons. The van der Waals surface area contributed by atoms with Crippen LogP contribution in [0.5, 0.6) is 0 Å². The number of nitrogens with zero attached hydrogens (tertiary/aromatic N) is 3. The molecule has 1 aliphatic carbocycles. The molecule has 1 heterocycles. The summed E-state index contributed by atoms with van der Waals surface area (Å²) in [5.74, 6) is 2.79. The normalized spacial score (nSPS) is 16.0. The van der Waals surface area contributed by atoms with Crippen LogP contribution >= 0.6 is 0 Å². The Morgan fingerprint density at radius 3 is 2.75 bits per heavy atom. The minimum absolute atomic E-state index is 0.509. The molecule has 2 rings (SSSR count). The molecule has 5 heteroatoms. The first-order chi connectivity index (χ1) is 9.72. The van der Waals surface area contributed by atoms with Crippen LogP contribution < -0.4 is 10.2 Å². The average Bonchev–Trinajstić information content (AvgIpc) is 3.31. The molecule has 0 aliphatic heterocycles. The number of hydrogen-bond acceptors (Lipinski definition) is 5. The van der Waals surface area contributed by atoms with Crippen molar-refractivity contribution >= 4 is 11.6 Å². The van der Waals surface area contributed by atoms with E-state index < -0.39 is 0 Å². The van der Waals surface area contributed by atoms with Crippen molar-refractivity contribution in [2.24, 2.45) is 5.92 Å². The number of methoxy groups -OCH3 is 1. The first-order valence-electron chi connectivity index (χ1n) is 7.50. The van der Waals surface area contributed by atoms with Crippen molar-refractivity contribution in [1.29, 1.82) is 0 Å². The summed E-state index contributed by atoms with van der Waals surface area (Å²) in [5.41, 5.74) is 1.19. The molecular formula is C15H26N4O. The number of rotatable bonds is 8. The maximum Gasteiger partial charge on any atom is 0.137 e. The first kappa shape index (κ1) is 15.0. The van der Waals surface area contributed by atoms with Crippen LogP contribution in [0.2, 0.25) is 0 Å². The first-order valence-corrected chi connectivity index (χ1v) is 7.50. The van der Waals surface area contributed by atoms with Crippen LogP contribution in [-0.4, -0.2) is 43.3 Å². The molecule has 0 radical (unpaired) electrons. The summed E-state index contributed by atoms with van der Waals surface area (Å²) in [6, 6.07) is 0.509. The molecule has 1 saturated carbocycles. The van der Waals surface area contributed by atoms with Gasteiger partial charge in [0.2, 0.25) is 0 Å². The van der Waals surface area contributed by atoms with Crippen LogP contribution in [0.25, 0.3) is 0 Å². The Hall–Kier alpha value is -1.36. The second-order valence-corrected chi connectivity index (χ2v) is 5.39. The van der Waals surface area contributed by atoms with E-state index in [1.807, 2.05) is 7.05 Å². The van der Waals surface area contributed by atoms with Crippen molar-refractivity contribution in [3.8, 4) is 0 Å². The van der Waals surface area contributed by atoms with Crippen molar-refractivity contribution in [2.75, 3.05) is 37.5 Å². The lowest BCUT2D eigenvalue weighted by atomic mass is 10.1. The Morgan fingerprint density at radius 1 is 1.45 bits per heavy atom. The third-order valence-electron chi connectivity index (χ3n) is 4.12. The van der Waals surface area contributed by atoms with E-state index in [1.165, 1.54) is 18.4 Å². The largest absolute Gasteiger partial charge is 0.383 e. The van der Waals surface area contributed by atoms with Crippen LogP contribution in [-0.2, 0) is 11.2 Å². The monoisotopic (exact) mass is 278 g/mol. The Morgan fingerprint density at radius 2 is 2.20 bits per heavy atom. The summed E-state index contributed by atoms with van der Waals surface area (Å²) in [5, 5.41) is 3.17. The molecule has 0 spiro atoms. The molecule has 1 aromatic heterocycles. The molecule has 1 aromatic rings. The number of ether oxygens (including phenoxy) is 1. The number of aromatic nitrogens is 2. The van der Waals surface area contributed by atoms with Gasteiger partial charge in [-0.25, -0.2) is 9.97 Å². The van der Waals surface area contributed by atoms with Gasteiger partial charge in [0, 0.05) is 32.3 Å². The zero-order valence-electron chi connectivity index (χ0n) is 13.0. The average molecular weight is 278 g/mol. The molecule has 1 N–H and O–H groups in total. The second-order valence-electron chi connectivity index (χ2n) is 5.39. The molecule has 1 unspecified atom stereocenters. The molecule has 0 bridgehead atoms. The predicted molar refractivity (Wildman–Crippen MR) is 82.4 cm³/mol. The van der Waals surface area contributed by atoms with E-state index >= 15 is 0 Å². The fourth-order valence-electron chi connectivity index (χ4n) is 2.72. The van der Waals surface area contributed by atoms with Gasteiger partial charge < -0.3 is 15.0 Å². The lowest BCUT2D eigenvalue weighted by Gasteiger charge is -2.32. The Bertz CT molecular complexity index is 434. The summed E-state index contributed by atoms with van der Waals surface area (Å²) in [7, 11) is 3.66. The van der Waals surface area contributed by atoms with Gasteiger partial charge in [-0.1, -0.05) is 6.92 Å². The van der Waals surface area contributed by atoms with Gasteiger partial charge in [-0.3, -0.25) is 0 Å². The van der Waals surface area contributed by atoms with Gasteiger partial charge in [-0.15, -0.1) is 0 Å². The molecule has 0 aromatic carbocycles. The van der Waals surface area contributed by atoms with Gasteiger partial charge in [0.05, 0.1) is 6.61 Å². The molecule has 1 aliphatic rings.